The van der Waals surface area contributed by atoms with Crippen LogP contribution in [0.2, 0.25) is 5.15 Å². The number of carboxylic acid groups (broad SMARTS) is 1. The number of piperidine rings is 1. The first-order valence-electron chi connectivity index (χ1n) is 9.90. The number of nitrogens with one attached hydrogen (secondary N) is 2. The lowest BCUT2D eigenvalue weighted by Gasteiger charge is -2.37. The topological polar surface area (TPSA) is 120 Å². The van der Waals surface area contributed by atoms with Gasteiger partial charge in [-0.25, -0.2) is 9.97 Å². The Bertz CT molecular complexity index is 957. The van der Waals surface area contributed by atoms with Gasteiger partial charge in [-0.15, -0.1) is 11.3 Å². The van der Waals surface area contributed by atoms with E-state index in [-0.39, 0.29) is 23.9 Å². The van der Waals surface area contributed by atoms with E-state index >= 15 is 0 Å². The van der Waals surface area contributed by atoms with E-state index < -0.39 is 11.4 Å². The zero-order chi connectivity index (χ0) is 21.5. The molecule has 1 saturated heterocycles. The number of aliphatic carboxylic acids is 1. The minimum atomic E-state index is -0.806. The molecule has 0 aromatic carbocycles. The number of thiazole rings is 1. The van der Waals surface area contributed by atoms with Crippen molar-refractivity contribution in [3.05, 3.63) is 27.7 Å². The number of imidazole rings is 1. The van der Waals surface area contributed by atoms with Gasteiger partial charge in [-0.1, -0.05) is 18.5 Å². The summed E-state index contributed by atoms with van der Waals surface area (Å²) >= 11 is 7.49. The van der Waals surface area contributed by atoms with E-state index in [0.717, 1.165) is 10.8 Å². The number of hydrogen-bond acceptors (Lipinski definition) is 7. The lowest BCUT2D eigenvalue weighted by molar-refractivity contribution is -0.140. The predicted molar refractivity (Wildman–Crippen MR) is 113 cm³/mol. The molecule has 9 nitrogen and oxygen atoms in total. The zero-order valence-corrected chi connectivity index (χ0v) is 18.3. The molecule has 2 fully saturated rings. The van der Waals surface area contributed by atoms with Crippen molar-refractivity contribution >= 4 is 39.9 Å². The Labute approximate surface area is 182 Å². The Kier molecular flexibility index (Phi) is 5.73. The quantitative estimate of drug-likeness (QED) is 0.587. The van der Waals surface area contributed by atoms with Crippen molar-refractivity contribution < 1.29 is 19.4 Å². The molecule has 3 N–H and O–H groups in total. The van der Waals surface area contributed by atoms with E-state index in [1.807, 2.05) is 12.3 Å². The number of anilines is 1. The number of nitrogens with zero attached hydrogens (tertiary/aromatic N) is 3. The molecule has 2 aromatic rings. The predicted octanol–water partition coefficient (Wildman–Crippen LogP) is 2.22. The van der Waals surface area contributed by atoms with E-state index in [9.17, 15) is 14.7 Å². The SMILES string of the molecule is CCc1[nH]c(C(=O)NC2CCN(c3nc(C4(C(=O)O)CC4)cs3)CC2OC)nc1Cl. The highest BCUT2D eigenvalue weighted by molar-refractivity contribution is 7.13. The number of carbonyl (C=O) groups is 2. The van der Waals surface area contributed by atoms with Crippen molar-refractivity contribution in [1.29, 1.82) is 0 Å². The van der Waals surface area contributed by atoms with Gasteiger partial charge in [-0.05, 0) is 25.7 Å². The molecule has 1 amide bonds. The van der Waals surface area contributed by atoms with Crippen LogP contribution in [-0.2, 0) is 21.4 Å². The van der Waals surface area contributed by atoms with E-state index in [1.54, 1.807) is 7.11 Å². The number of halogens is 1. The molecule has 2 atom stereocenters. The third kappa shape index (κ3) is 3.79. The highest BCUT2D eigenvalue weighted by Crippen LogP contribution is 2.49. The third-order valence-corrected chi connectivity index (χ3v) is 7.10. The standard InChI is InChI=1S/C19H24ClN5O4S/c1-3-10-14(20)24-15(21-10)16(26)22-11-4-7-25(8-12(11)29-2)18-23-13(9-30-18)19(5-6-19)17(27)28/h9,11-12H,3-8H2,1-2H3,(H,21,24)(H,22,26)(H,27,28). The zero-order valence-electron chi connectivity index (χ0n) is 16.8. The maximum absolute atomic E-state index is 12.6. The normalized spacial score (nSPS) is 22.7. The number of ether oxygens (including phenoxy) is 1. The number of aromatic amines is 1. The first kappa shape index (κ1) is 21.1. The molecular weight excluding hydrogens is 430 g/mol. The fourth-order valence-electron chi connectivity index (χ4n) is 3.79. The second-order valence-corrected chi connectivity index (χ2v) is 8.89. The summed E-state index contributed by atoms with van der Waals surface area (Å²) in [6, 6.07) is -0.180. The van der Waals surface area contributed by atoms with E-state index in [0.29, 0.717) is 49.6 Å². The van der Waals surface area contributed by atoms with Gasteiger partial charge in [0.15, 0.2) is 16.1 Å². The minimum absolute atomic E-state index is 0.180. The molecule has 2 aliphatic rings. The first-order chi connectivity index (χ1) is 14.4. The second kappa shape index (κ2) is 8.16. The van der Waals surface area contributed by atoms with Crippen molar-refractivity contribution in [1.82, 2.24) is 20.3 Å². The van der Waals surface area contributed by atoms with Gasteiger partial charge in [0.1, 0.15) is 5.41 Å². The molecule has 2 unspecified atom stereocenters. The lowest BCUT2D eigenvalue weighted by Crippen LogP contribution is -2.55. The van der Waals surface area contributed by atoms with Crippen LogP contribution in [0.15, 0.2) is 5.38 Å². The fraction of sp³-hybridized carbons (Fsp3) is 0.579. The lowest BCUT2D eigenvalue weighted by atomic mass is 10.0. The summed E-state index contributed by atoms with van der Waals surface area (Å²) in [5, 5.41) is 15.4. The average molecular weight is 454 g/mol. The molecule has 30 heavy (non-hydrogen) atoms. The van der Waals surface area contributed by atoms with Crippen LogP contribution in [0.1, 0.15) is 48.2 Å². The van der Waals surface area contributed by atoms with Crippen molar-refractivity contribution in [2.45, 2.75) is 50.2 Å². The van der Waals surface area contributed by atoms with Crippen LogP contribution in [0.4, 0.5) is 5.13 Å². The van der Waals surface area contributed by atoms with E-state index in [1.165, 1.54) is 11.3 Å². The summed E-state index contributed by atoms with van der Waals surface area (Å²) in [6.07, 6.45) is 2.36. The number of carboxylic acids is 1. The highest BCUT2D eigenvalue weighted by atomic mass is 35.5. The van der Waals surface area contributed by atoms with Crippen LogP contribution < -0.4 is 10.2 Å². The van der Waals surface area contributed by atoms with Crippen LogP contribution in [-0.4, -0.2) is 64.3 Å². The number of aryl methyl sites for hydroxylation is 1. The van der Waals surface area contributed by atoms with Crippen molar-refractivity contribution in [2.75, 3.05) is 25.1 Å². The monoisotopic (exact) mass is 453 g/mol. The smallest absolute Gasteiger partial charge is 0.315 e. The van der Waals surface area contributed by atoms with Crippen LogP contribution in [0.3, 0.4) is 0 Å². The third-order valence-electron chi connectivity index (χ3n) is 5.89. The summed E-state index contributed by atoms with van der Waals surface area (Å²) in [6.45, 7) is 3.16. The Hall–Kier alpha value is -2.17. The highest BCUT2D eigenvalue weighted by Gasteiger charge is 2.53. The van der Waals surface area contributed by atoms with Crippen LogP contribution in [0.5, 0.6) is 0 Å². The van der Waals surface area contributed by atoms with Crippen molar-refractivity contribution in [2.24, 2.45) is 0 Å². The molecule has 0 spiro atoms. The van der Waals surface area contributed by atoms with Gasteiger partial charge >= 0.3 is 5.97 Å². The Balaban J connectivity index is 1.41. The molecule has 4 rings (SSSR count). The first-order valence-corrected chi connectivity index (χ1v) is 11.2. The number of carbonyl (C=O) groups excluding carboxylic acids is 1. The van der Waals surface area contributed by atoms with Gasteiger partial charge in [0.25, 0.3) is 5.91 Å². The number of rotatable bonds is 7. The number of hydrogen-bond donors (Lipinski definition) is 3. The molecule has 1 aliphatic carbocycles. The average Bonchev–Trinajstić information content (AvgIpc) is 3.24. The van der Waals surface area contributed by atoms with Crippen molar-refractivity contribution in [3.8, 4) is 0 Å². The summed E-state index contributed by atoms with van der Waals surface area (Å²) in [7, 11) is 1.61. The van der Waals surface area contributed by atoms with E-state index in [2.05, 4.69) is 25.2 Å². The molecule has 0 bridgehead atoms. The molecular formula is C19H24ClN5O4S. The molecule has 1 saturated carbocycles. The van der Waals surface area contributed by atoms with Gasteiger partial charge in [-0.3, -0.25) is 9.59 Å². The largest absolute Gasteiger partial charge is 0.481 e. The summed E-state index contributed by atoms with van der Waals surface area (Å²) in [4.78, 5) is 37.9. The summed E-state index contributed by atoms with van der Waals surface area (Å²) < 4.78 is 5.64. The molecule has 2 aromatic heterocycles. The van der Waals surface area contributed by atoms with Gasteiger partial charge < -0.3 is 25.0 Å². The van der Waals surface area contributed by atoms with Gasteiger partial charge in [-0.2, -0.15) is 0 Å². The number of amides is 1. The number of methoxy groups -OCH3 is 1. The molecule has 1 aliphatic heterocycles. The minimum Gasteiger partial charge on any atom is -0.481 e. The van der Waals surface area contributed by atoms with Gasteiger partial charge in [0.2, 0.25) is 0 Å². The van der Waals surface area contributed by atoms with Crippen LogP contribution in [0.25, 0.3) is 0 Å². The Morgan fingerprint density at radius 3 is 2.83 bits per heavy atom. The van der Waals surface area contributed by atoms with Crippen LogP contribution >= 0.6 is 22.9 Å². The number of H-pyrrole nitrogens is 1. The molecule has 162 valence electrons. The number of aromatic nitrogens is 3. The van der Waals surface area contributed by atoms with Crippen molar-refractivity contribution in [3.63, 3.8) is 0 Å². The van der Waals surface area contributed by atoms with Crippen LogP contribution in [0, 0.1) is 0 Å². The second-order valence-electron chi connectivity index (χ2n) is 7.70. The van der Waals surface area contributed by atoms with E-state index in [4.69, 9.17) is 16.3 Å². The Morgan fingerprint density at radius 2 is 2.23 bits per heavy atom. The maximum Gasteiger partial charge on any atom is 0.315 e. The van der Waals surface area contributed by atoms with Gasteiger partial charge in [0, 0.05) is 25.6 Å². The fourth-order valence-corrected chi connectivity index (χ4v) is 5.02. The summed E-state index contributed by atoms with van der Waals surface area (Å²) in [5.41, 5.74) is 0.568. The molecule has 11 heteroatoms. The maximum atomic E-state index is 12.6. The van der Waals surface area contributed by atoms with Gasteiger partial charge in [0.05, 0.1) is 23.5 Å². The molecule has 0 radical (unpaired) electrons. The molecule has 3 heterocycles. The summed E-state index contributed by atoms with van der Waals surface area (Å²) in [5.74, 6) is -0.923. The Morgan fingerprint density at radius 1 is 1.47 bits per heavy atom.